The van der Waals surface area contributed by atoms with Gasteiger partial charge in [-0.2, -0.15) is 0 Å². The van der Waals surface area contributed by atoms with Gasteiger partial charge in [0.25, 0.3) is 5.69 Å². The first-order valence-corrected chi connectivity index (χ1v) is 8.21. The number of benzene rings is 2. The Hall–Kier alpha value is -2.95. The van der Waals surface area contributed by atoms with Gasteiger partial charge in [0.15, 0.2) is 0 Å². The minimum Gasteiger partial charge on any atom is -0.346 e. The van der Waals surface area contributed by atoms with Gasteiger partial charge in [0.1, 0.15) is 0 Å². The van der Waals surface area contributed by atoms with Crippen LogP contribution in [0.15, 0.2) is 48.5 Å². The molecular formula is C20H22N2O3. The number of rotatable bonds is 6. The van der Waals surface area contributed by atoms with Crippen LogP contribution < -0.4 is 5.32 Å². The first-order valence-electron chi connectivity index (χ1n) is 8.21. The molecule has 1 N–H and O–H groups in total. The summed E-state index contributed by atoms with van der Waals surface area (Å²) < 4.78 is 0. The predicted molar refractivity (Wildman–Crippen MR) is 99.2 cm³/mol. The molecule has 2 aromatic rings. The molecule has 1 amide bonds. The molecule has 0 aliphatic carbocycles. The minimum atomic E-state index is -0.448. The number of nitro benzene ring substituents is 1. The van der Waals surface area contributed by atoms with E-state index < -0.39 is 4.92 Å². The lowest BCUT2D eigenvalue weighted by Crippen LogP contribution is -2.26. The second kappa shape index (κ2) is 8.24. The van der Waals surface area contributed by atoms with Gasteiger partial charge in [0.2, 0.25) is 5.91 Å². The highest BCUT2D eigenvalue weighted by molar-refractivity contribution is 5.92. The van der Waals surface area contributed by atoms with Crippen LogP contribution in [0.1, 0.15) is 41.6 Å². The molecule has 5 heteroatoms. The van der Waals surface area contributed by atoms with Crippen LogP contribution >= 0.6 is 0 Å². The summed E-state index contributed by atoms with van der Waals surface area (Å²) in [4.78, 5) is 22.4. The molecule has 2 aromatic carbocycles. The number of non-ortho nitro benzene ring substituents is 1. The fourth-order valence-electron chi connectivity index (χ4n) is 2.72. The first-order chi connectivity index (χ1) is 11.9. The monoisotopic (exact) mass is 338 g/mol. The second-order valence-corrected chi connectivity index (χ2v) is 6.01. The van der Waals surface area contributed by atoms with Gasteiger partial charge in [-0.05, 0) is 55.2 Å². The largest absolute Gasteiger partial charge is 0.346 e. The summed E-state index contributed by atoms with van der Waals surface area (Å²) in [6, 6.07) is 12.2. The lowest BCUT2D eigenvalue weighted by atomic mass is 9.97. The summed E-state index contributed by atoms with van der Waals surface area (Å²) in [6.45, 7) is 6.12. The number of carbonyl (C=O) groups is 1. The second-order valence-electron chi connectivity index (χ2n) is 6.01. The number of nitro groups is 1. The highest BCUT2D eigenvalue weighted by Gasteiger charge is 2.13. The Morgan fingerprint density at radius 3 is 2.44 bits per heavy atom. The molecule has 0 heterocycles. The SMILES string of the molecule is CCC(NC(=O)/C=C/c1ccc([N+](=O)[O-])cc1)c1ccc(C)cc1C. The number of hydrogen-bond acceptors (Lipinski definition) is 3. The zero-order valence-electron chi connectivity index (χ0n) is 14.7. The number of hydrogen-bond donors (Lipinski definition) is 1. The van der Waals surface area contributed by atoms with Crippen LogP contribution in [0.25, 0.3) is 6.08 Å². The van der Waals surface area contributed by atoms with Crippen molar-refractivity contribution in [2.24, 2.45) is 0 Å². The summed E-state index contributed by atoms with van der Waals surface area (Å²) in [5.41, 5.74) is 4.24. The molecular weight excluding hydrogens is 316 g/mol. The van der Waals surface area contributed by atoms with E-state index in [2.05, 4.69) is 17.4 Å². The van der Waals surface area contributed by atoms with Crippen molar-refractivity contribution < 1.29 is 9.72 Å². The summed E-state index contributed by atoms with van der Waals surface area (Å²) in [6.07, 6.45) is 3.89. The van der Waals surface area contributed by atoms with Crippen molar-refractivity contribution in [3.8, 4) is 0 Å². The van der Waals surface area contributed by atoms with Crippen molar-refractivity contribution in [1.29, 1.82) is 0 Å². The van der Waals surface area contributed by atoms with Crippen LogP contribution in [-0.4, -0.2) is 10.8 Å². The predicted octanol–water partition coefficient (Wildman–Crippen LogP) is 4.49. The molecule has 1 unspecified atom stereocenters. The van der Waals surface area contributed by atoms with Gasteiger partial charge in [0.05, 0.1) is 11.0 Å². The van der Waals surface area contributed by atoms with Gasteiger partial charge in [-0.1, -0.05) is 30.7 Å². The van der Waals surface area contributed by atoms with E-state index in [1.807, 2.05) is 26.8 Å². The molecule has 2 rings (SSSR count). The molecule has 0 radical (unpaired) electrons. The summed E-state index contributed by atoms with van der Waals surface area (Å²) in [5, 5.41) is 13.6. The molecule has 5 nitrogen and oxygen atoms in total. The number of aryl methyl sites for hydroxylation is 2. The zero-order chi connectivity index (χ0) is 18.4. The molecule has 130 valence electrons. The van der Waals surface area contributed by atoms with Crippen LogP contribution in [0.3, 0.4) is 0 Å². The molecule has 0 aromatic heterocycles. The van der Waals surface area contributed by atoms with Gasteiger partial charge in [-0.15, -0.1) is 0 Å². The molecule has 0 saturated carbocycles. The van der Waals surface area contributed by atoms with Gasteiger partial charge in [0, 0.05) is 18.2 Å². The number of amides is 1. The van der Waals surface area contributed by atoms with E-state index >= 15 is 0 Å². The van der Waals surface area contributed by atoms with Crippen LogP contribution in [-0.2, 0) is 4.79 Å². The van der Waals surface area contributed by atoms with Crippen LogP contribution in [0.4, 0.5) is 5.69 Å². The smallest absolute Gasteiger partial charge is 0.269 e. The molecule has 0 aliphatic heterocycles. The van der Waals surface area contributed by atoms with E-state index in [-0.39, 0.29) is 17.6 Å². The molecule has 1 atom stereocenters. The Morgan fingerprint density at radius 1 is 1.20 bits per heavy atom. The van der Waals surface area contributed by atoms with Crippen molar-refractivity contribution >= 4 is 17.7 Å². The Bertz CT molecular complexity index is 795. The van der Waals surface area contributed by atoms with E-state index in [1.54, 1.807) is 18.2 Å². The number of nitrogens with one attached hydrogen (secondary N) is 1. The maximum absolute atomic E-state index is 12.2. The van der Waals surface area contributed by atoms with Gasteiger partial charge >= 0.3 is 0 Å². The Morgan fingerprint density at radius 2 is 1.88 bits per heavy atom. The van der Waals surface area contributed by atoms with E-state index in [0.717, 1.165) is 23.1 Å². The topological polar surface area (TPSA) is 72.2 Å². The lowest BCUT2D eigenvalue weighted by molar-refractivity contribution is -0.384. The highest BCUT2D eigenvalue weighted by Crippen LogP contribution is 2.21. The van der Waals surface area contributed by atoms with E-state index in [9.17, 15) is 14.9 Å². The summed E-state index contributed by atoms with van der Waals surface area (Å²) in [5.74, 6) is -0.190. The van der Waals surface area contributed by atoms with Gasteiger partial charge in [-0.3, -0.25) is 14.9 Å². The van der Waals surface area contributed by atoms with Crippen LogP contribution in [0.5, 0.6) is 0 Å². The standard InChI is InChI=1S/C20H22N2O3/c1-4-19(18-11-5-14(2)13-15(18)3)21-20(23)12-8-16-6-9-17(10-7-16)22(24)25/h5-13,19H,4H2,1-3H3,(H,21,23)/b12-8+. The molecule has 0 spiro atoms. The van der Waals surface area contributed by atoms with E-state index in [4.69, 9.17) is 0 Å². The highest BCUT2D eigenvalue weighted by atomic mass is 16.6. The summed E-state index contributed by atoms with van der Waals surface area (Å²) in [7, 11) is 0. The molecule has 25 heavy (non-hydrogen) atoms. The maximum Gasteiger partial charge on any atom is 0.269 e. The lowest BCUT2D eigenvalue weighted by Gasteiger charge is -2.19. The molecule has 0 fully saturated rings. The summed E-state index contributed by atoms with van der Waals surface area (Å²) >= 11 is 0. The van der Waals surface area contributed by atoms with E-state index in [1.165, 1.54) is 23.8 Å². The van der Waals surface area contributed by atoms with Crippen molar-refractivity contribution in [3.05, 3.63) is 80.9 Å². The van der Waals surface area contributed by atoms with Crippen molar-refractivity contribution in [2.75, 3.05) is 0 Å². The fraction of sp³-hybridized carbons (Fsp3) is 0.250. The van der Waals surface area contributed by atoms with Gasteiger partial charge < -0.3 is 5.32 Å². The fourth-order valence-corrected chi connectivity index (χ4v) is 2.72. The molecule has 0 saturated heterocycles. The normalized spacial score (nSPS) is 12.1. The molecule has 0 aliphatic rings. The van der Waals surface area contributed by atoms with Crippen molar-refractivity contribution in [3.63, 3.8) is 0 Å². The Labute approximate surface area is 147 Å². The zero-order valence-corrected chi connectivity index (χ0v) is 14.7. The van der Waals surface area contributed by atoms with Crippen molar-refractivity contribution in [1.82, 2.24) is 5.32 Å². The van der Waals surface area contributed by atoms with Crippen LogP contribution in [0, 0.1) is 24.0 Å². The average Bonchev–Trinajstić information content (AvgIpc) is 2.58. The number of carbonyl (C=O) groups excluding carboxylic acids is 1. The average molecular weight is 338 g/mol. The Balaban J connectivity index is 2.05. The first kappa shape index (κ1) is 18.4. The molecule has 0 bridgehead atoms. The third-order valence-corrected chi connectivity index (χ3v) is 4.06. The minimum absolute atomic E-state index is 0.0301. The van der Waals surface area contributed by atoms with Crippen LogP contribution in [0.2, 0.25) is 0 Å². The quantitative estimate of drug-likeness (QED) is 0.479. The third-order valence-electron chi connectivity index (χ3n) is 4.06. The van der Waals surface area contributed by atoms with E-state index in [0.29, 0.717) is 0 Å². The number of nitrogens with zero attached hydrogens (tertiary/aromatic N) is 1. The third kappa shape index (κ3) is 5.01. The van der Waals surface area contributed by atoms with Gasteiger partial charge in [-0.25, -0.2) is 0 Å². The Kier molecular flexibility index (Phi) is 6.06. The van der Waals surface area contributed by atoms with Crippen molar-refractivity contribution in [2.45, 2.75) is 33.2 Å². The maximum atomic E-state index is 12.2.